The Hall–Kier alpha value is -0.120. The average Bonchev–Trinajstić information content (AvgIpc) is 2.29. The molecule has 2 aliphatic rings. The molecule has 94 valence electrons. The van der Waals surface area contributed by atoms with Gasteiger partial charge in [0.2, 0.25) is 0 Å². The second kappa shape index (κ2) is 5.48. The van der Waals surface area contributed by atoms with Crippen molar-refractivity contribution in [3.05, 3.63) is 0 Å². The predicted octanol–water partition coefficient (Wildman–Crippen LogP) is 1.17. The smallest absolute Gasteiger partial charge is 0.0664 e. The van der Waals surface area contributed by atoms with E-state index in [1.165, 1.54) is 38.9 Å². The van der Waals surface area contributed by atoms with Gasteiger partial charge in [0.15, 0.2) is 0 Å². The van der Waals surface area contributed by atoms with Crippen molar-refractivity contribution in [3.63, 3.8) is 0 Å². The molecule has 2 fully saturated rings. The number of hydrogen-bond acceptors (Lipinski definition) is 3. The van der Waals surface area contributed by atoms with Gasteiger partial charge in [-0.15, -0.1) is 0 Å². The quantitative estimate of drug-likeness (QED) is 0.782. The van der Waals surface area contributed by atoms with Crippen LogP contribution in [0.4, 0.5) is 0 Å². The van der Waals surface area contributed by atoms with Crippen molar-refractivity contribution < 1.29 is 5.11 Å². The summed E-state index contributed by atoms with van der Waals surface area (Å²) < 4.78 is 0. The highest BCUT2D eigenvalue weighted by Crippen LogP contribution is 2.29. The van der Waals surface area contributed by atoms with E-state index < -0.39 is 0 Å². The fourth-order valence-corrected chi connectivity index (χ4v) is 3.32. The third kappa shape index (κ3) is 2.76. The van der Waals surface area contributed by atoms with E-state index in [1.54, 1.807) is 0 Å². The fraction of sp³-hybridized carbons (Fsp3) is 1.00. The highest BCUT2D eigenvalue weighted by atomic mass is 16.3. The molecule has 3 atom stereocenters. The molecule has 2 saturated heterocycles. The van der Waals surface area contributed by atoms with Gasteiger partial charge in [0, 0.05) is 19.1 Å². The molecule has 0 aromatic carbocycles. The lowest BCUT2D eigenvalue weighted by Gasteiger charge is -2.46. The lowest BCUT2D eigenvalue weighted by molar-refractivity contribution is 0.0172. The number of aliphatic hydroxyl groups excluding tert-OH is 1. The number of piperidine rings is 2. The normalized spacial score (nSPS) is 34.7. The Morgan fingerprint density at radius 2 is 2.12 bits per heavy atom. The van der Waals surface area contributed by atoms with Crippen LogP contribution in [0.1, 0.15) is 32.6 Å². The molecule has 2 heterocycles. The summed E-state index contributed by atoms with van der Waals surface area (Å²) in [5, 5.41) is 9.71. The Kier molecular flexibility index (Phi) is 4.22. The topological polar surface area (TPSA) is 26.7 Å². The molecule has 3 heteroatoms. The van der Waals surface area contributed by atoms with Crippen LogP contribution in [0.15, 0.2) is 0 Å². The van der Waals surface area contributed by atoms with Gasteiger partial charge in [-0.1, -0.05) is 6.92 Å². The predicted molar refractivity (Wildman–Crippen MR) is 66.5 cm³/mol. The van der Waals surface area contributed by atoms with E-state index in [2.05, 4.69) is 23.8 Å². The first-order chi connectivity index (χ1) is 7.70. The zero-order valence-corrected chi connectivity index (χ0v) is 10.7. The van der Waals surface area contributed by atoms with E-state index in [0.29, 0.717) is 0 Å². The first kappa shape index (κ1) is 12.3. The molecule has 16 heavy (non-hydrogen) atoms. The molecule has 1 N–H and O–H groups in total. The van der Waals surface area contributed by atoms with Crippen LogP contribution in [0.2, 0.25) is 0 Å². The van der Waals surface area contributed by atoms with Gasteiger partial charge in [0.1, 0.15) is 0 Å². The zero-order valence-electron chi connectivity index (χ0n) is 10.7. The third-order valence-electron chi connectivity index (χ3n) is 4.37. The Labute approximate surface area is 99.4 Å². The molecule has 0 aromatic rings. The Morgan fingerprint density at radius 1 is 1.31 bits per heavy atom. The highest BCUT2D eigenvalue weighted by Gasteiger charge is 2.34. The Bertz CT molecular complexity index is 222. The molecule has 0 spiro atoms. The number of hydrogen-bond donors (Lipinski definition) is 1. The van der Waals surface area contributed by atoms with Gasteiger partial charge in [0.25, 0.3) is 0 Å². The van der Waals surface area contributed by atoms with Crippen LogP contribution in [-0.2, 0) is 0 Å². The SMILES string of the molecule is CCC(O)CN1CCC2C(CCCN2C)C1. The van der Waals surface area contributed by atoms with Crippen LogP contribution in [0.5, 0.6) is 0 Å². The largest absolute Gasteiger partial charge is 0.392 e. The third-order valence-corrected chi connectivity index (χ3v) is 4.37. The lowest BCUT2D eigenvalue weighted by atomic mass is 9.84. The summed E-state index contributed by atoms with van der Waals surface area (Å²) in [6.07, 6.45) is 4.77. The molecular weight excluding hydrogens is 200 g/mol. The summed E-state index contributed by atoms with van der Waals surface area (Å²) >= 11 is 0. The van der Waals surface area contributed by atoms with Crippen molar-refractivity contribution in [2.24, 2.45) is 5.92 Å². The van der Waals surface area contributed by atoms with Crippen molar-refractivity contribution in [1.29, 1.82) is 0 Å². The average molecular weight is 226 g/mol. The van der Waals surface area contributed by atoms with Crippen LogP contribution >= 0.6 is 0 Å². The molecule has 0 bridgehead atoms. The van der Waals surface area contributed by atoms with E-state index >= 15 is 0 Å². The van der Waals surface area contributed by atoms with Gasteiger partial charge in [-0.25, -0.2) is 0 Å². The first-order valence-corrected chi connectivity index (χ1v) is 6.81. The molecular formula is C13H26N2O. The second-order valence-electron chi connectivity index (χ2n) is 5.56. The van der Waals surface area contributed by atoms with E-state index in [0.717, 1.165) is 24.9 Å². The molecule has 3 nitrogen and oxygen atoms in total. The number of rotatable bonds is 3. The summed E-state index contributed by atoms with van der Waals surface area (Å²) in [7, 11) is 2.27. The van der Waals surface area contributed by atoms with E-state index in [9.17, 15) is 5.11 Å². The van der Waals surface area contributed by atoms with Crippen molar-refractivity contribution in [1.82, 2.24) is 9.80 Å². The van der Waals surface area contributed by atoms with Gasteiger partial charge in [-0.2, -0.15) is 0 Å². The Balaban J connectivity index is 1.85. The number of likely N-dealkylation sites (tertiary alicyclic amines) is 2. The van der Waals surface area contributed by atoms with Gasteiger partial charge in [0.05, 0.1) is 6.10 Å². The zero-order chi connectivity index (χ0) is 11.5. The maximum absolute atomic E-state index is 9.71. The molecule has 0 saturated carbocycles. The molecule has 0 radical (unpaired) electrons. The fourth-order valence-electron chi connectivity index (χ4n) is 3.32. The molecule has 0 amide bonds. The van der Waals surface area contributed by atoms with Gasteiger partial charge < -0.3 is 14.9 Å². The number of β-amino-alcohol motifs (C(OH)–C–C–N with tert-alkyl or cyclic N) is 1. The molecule has 3 unspecified atom stereocenters. The molecule has 0 aromatic heterocycles. The summed E-state index contributed by atoms with van der Waals surface area (Å²) in [6, 6.07) is 0.809. The maximum Gasteiger partial charge on any atom is 0.0664 e. The number of nitrogens with zero attached hydrogens (tertiary/aromatic N) is 2. The highest BCUT2D eigenvalue weighted by molar-refractivity contribution is 4.89. The summed E-state index contributed by atoms with van der Waals surface area (Å²) in [5.41, 5.74) is 0. The van der Waals surface area contributed by atoms with E-state index in [-0.39, 0.29) is 6.10 Å². The van der Waals surface area contributed by atoms with E-state index in [1.807, 2.05) is 0 Å². The van der Waals surface area contributed by atoms with Crippen molar-refractivity contribution >= 4 is 0 Å². The van der Waals surface area contributed by atoms with E-state index in [4.69, 9.17) is 0 Å². The monoisotopic (exact) mass is 226 g/mol. The minimum absolute atomic E-state index is 0.127. The molecule has 0 aliphatic carbocycles. The minimum atomic E-state index is -0.127. The summed E-state index contributed by atoms with van der Waals surface area (Å²) in [4.78, 5) is 5.01. The summed E-state index contributed by atoms with van der Waals surface area (Å²) in [6.45, 7) is 6.59. The van der Waals surface area contributed by atoms with Crippen molar-refractivity contribution in [2.45, 2.75) is 44.8 Å². The maximum atomic E-state index is 9.71. The van der Waals surface area contributed by atoms with Crippen molar-refractivity contribution in [2.75, 3.05) is 33.2 Å². The molecule has 2 aliphatic heterocycles. The standard InChI is InChI=1S/C13H26N2O/c1-3-12(16)10-15-8-6-13-11(9-15)5-4-7-14(13)2/h11-13,16H,3-10H2,1-2H3. The van der Waals surface area contributed by atoms with Crippen LogP contribution < -0.4 is 0 Å². The van der Waals surface area contributed by atoms with Gasteiger partial charge in [-0.3, -0.25) is 0 Å². The van der Waals surface area contributed by atoms with Crippen LogP contribution in [0, 0.1) is 5.92 Å². The number of aliphatic hydroxyl groups is 1. The minimum Gasteiger partial charge on any atom is -0.392 e. The lowest BCUT2D eigenvalue weighted by Crippen LogP contribution is -2.53. The van der Waals surface area contributed by atoms with Crippen LogP contribution in [0.3, 0.4) is 0 Å². The van der Waals surface area contributed by atoms with Crippen molar-refractivity contribution in [3.8, 4) is 0 Å². The van der Waals surface area contributed by atoms with Gasteiger partial charge in [-0.05, 0) is 51.7 Å². The first-order valence-electron chi connectivity index (χ1n) is 6.81. The van der Waals surface area contributed by atoms with Crippen LogP contribution in [-0.4, -0.2) is 60.3 Å². The molecule has 2 rings (SSSR count). The van der Waals surface area contributed by atoms with Crippen LogP contribution in [0.25, 0.3) is 0 Å². The second-order valence-corrected chi connectivity index (χ2v) is 5.56. The number of fused-ring (bicyclic) bond motifs is 1. The van der Waals surface area contributed by atoms with Gasteiger partial charge >= 0.3 is 0 Å². The Morgan fingerprint density at radius 3 is 2.88 bits per heavy atom. The summed E-state index contributed by atoms with van der Waals surface area (Å²) in [5.74, 6) is 0.844.